The summed E-state index contributed by atoms with van der Waals surface area (Å²) < 4.78 is 1.47. The summed E-state index contributed by atoms with van der Waals surface area (Å²) in [6.07, 6.45) is 1.12. The van der Waals surface area contributed by atoms with Crippen molar-refractivity contribution in [3.05, 3.63) is 45.2 Å². The van der Waals surface area contributed by atoms with Crippen LogP contribution < -0.4 is 5.56 Å². The van der Waals surface area contributed by atoms with Crippen LogP contribution in [-0.4, -0.2) is 16.0 Å². The van der Waals surface area contributed by atoms with Crippen LogP contribution in [0.25, 0.3) is 10.9 Å². The highest BCUT2D eigenvalue weighted by Gasteiger charge is 2.05. The summed E-state index contributed by atoms with van der Waals surface area (Å²) in [4.78, 5) is 11.8. The van der Waals surface area contributed by atoms with Crippen LogP contribution in [0.1, 0.15) is 5.56 Å². The number of fused-ring (bicyclic) bond motifs is 1. The van der Waals surface area contributed by atoms with Gasteiger partial charge in [-0.15, -0.1) is 0 Å². The van der Waals surface area contributed by atoms with E-state index in [4.69, 9.17) is 16.8 Å². The van der Waals surface area contributed by atoms with Gasteiger partial charge in [-0.05, 0) is 23.6 Å². The van der Waals surface area contributed by atoms with Crippen molar-refractivity contribution < 1.29 is 5.21 Å². The van der Waals surface area contributed by atoms with Gasteiger partial charge in [-0.25, -0.2) is 0 Å². The Labute approximate surface area is 96.4 Å². The van der Waals surface area contributed by atoms with Crippen LogP contribution in [0.15, 0.2) is 34.2 Å². The number of halogens is 1. The number of oxime groups is 1. The highest BCUT2D eigenvalue weighted by atomic mass is 35.5. The maximum Gasteiger partial charge on any atom is 0.259 e. The van der Waals surface area contributed by atoms with Gasteiger partial charge >= 0.3 is 0 Å². The quantitative estimate of drug-likeness (QED) is 0.468. The fourth-order valence-electron chi connectivity index (χ4n) is 1.62. The third-order valence-corrected chi connectivity index (χ3v) is 2.65. The normalized spacial score (nSPS) is 11.4. The standard InChI is InChI=1S/C11H9ClN2O2/c1-14-10-5-9(12)3-2-7(10)4-8(6-13-16)11(14)15/h2-6,16H,1H3. The second-order valence-corrected chi connectivity index (χ2v) is 3.85. The van der Waals surface area contributed by atoms with Gasteiger partial charge in [-0.3, -0.25) is 4.79 Å². The molecule has 0 unspecified atom stereocenters. The zero-order chi connectivity index (χ0) is 11.7. The molecular weight excluding hydrogens is 228 g/mol. The largest absolute Gasteiger partial charge is 0.411 e. The first kappa shape index (κ1) is 10.7. The fraction of sp³-hybridized carbons (Fsp3) is 0.0909. The molecule has 2 aromatic rings. The highest BCUT2D eigenvalue weighted by Crippen LogP contribution is 2.17. The molecule has 4 nitrogen and oxygen atoms in total. The molecule has 5 heteroatoms. The van der Waals surface area contributed by atoms with Crippen molar-refractivity contribution in [2.24, 2.45) is 12.2 Å². The van der Waals surface area contributed by atoms with E-state index >= 15 is 0 Å². The summed E-state index contributed by atoms with van der Waals surface area (Å²) in [5.41, 5.74) is 0.847. The van der Waals surface area contributed by atoms with Crippen molar-refractivity contribution >= 4 is 28.7 Å². The van der Waals surface area contributed by atoms with Crippen LogP contribution in [-0.2, 0) is 7.05 Å². The number of benzene rings is 1. The Morgan fingerprint density at radius 3 is 2.88 bits per heavy atom. The number of pyridine rings is 1. The van der Waals surface area contributed by atoms with Gasteiger partial charge in [0.05, 0.1) is 17.3 Å². The van der Waals surface area contributed by atoms with Crippen molar-refractivity contribution in [2.45, 2.75) is 0 Å². The minimum Gasteiger partial charge on any atom is -0.411 e. The van der Waals surface area contributed by atoms with Crippen LogP contribution in [0.3, 0.4) is 0 Å². The monoisotopic (exact) mass is 236 g/mol. The summed E-state index contributed by atoms with van der Waals surface area (Å²) in [5, 5.41) is 12.8. The van der Waals surface area contributed by atoms with Crippen LogP contribution in [0, 0.1) is 0 Å². The molecule has 0 aliphatic heterocycles. The van der Waals surface area contributed by atoms with Gasteiger partial charge in [0.25, 0.3) is 5.56 Å². The summed E-state index contributed by atoms with van der Waals surface area (Å²) in [5.74, 6) is 0. The third kappa shape index (κ3) is 1.67. The van der Waals surface area contributed by atoms with E-state index in [1.165, 1.54) is 4.57 Å². The van der Waals surface area contributed by atoms with Gasteiger partial charge < -0.3 is 9.77 Å². The molecule has 1 aromatic heterocycles. The van der Waals surface area contributed by atoms with Crippen LogP contribution >= 0.6 is 11.6 Å². The SMILES string of the molecule is Cn1c(=O)c(C=NO)cc2ccc(Cl)cc21. The molecule has 2 rings (SSSR count). The Kier molecular flexibility index (Phi) is 2.66. The molecule has 0 fully saturated rings. The highest BCUT2D eigenvalue weighted by molar-refractivity contribution is 6.31. The Balaban J connectivity index is 2.88. The predicted octanol–water partition coefficient (Wildman–Crippen LogP) is 2.00. The smallest absolute Gasteiger partial charge is 0.259 e. The van der Waals surface area contributed by atoms with E-state index in [0.29, 0.717) is 10.6 Å². The van der Waals surface area contributed by atoms with Crippen molar-refractivity contribution in [1.82, 2.24) is 4.57 Å². The molecule has 0 bridgehead atoms. The number of aromatic nitrogens is 1. The lowest BCUT2D eigenvalue weighted by molar-refractivity contribution is 0.322. The maximum absolute atomic E-state index is 11.8. The first-order valence-corrected chi connectivity index (χ1v) is 4.98. The first-order chi connectivity index (χ1) is 7.63. The van der Waals surface area contributed by atoms with Gasteiger partial charge in [-0.2, -0.15) is 0 Å². The third-order valence-electron chi connectivity index (χ3n) is 2.41. The molecule has 82 valence electrons. The Morgan fingerprint density at radius 2 is 2.19 bits per heavy atom. The molecule has 0 atom stereocenters. The topological polar surface area (TPSA) is 54.6 Å². The second-order valence-electron chi connectivity index (χ2n) is 3.41. The van der Waals surface area contributed by atoms with E-state index in [-0.39, 0.29) is 5.56 Å². The van der Waals surface area contributed by atoms with E-state index < -0.39 is 0 Å². The molecule has 16 heavy (non-hydrogen) atoms. The Bertz CT molecular complexity index is 632. The minimum absolute atomic E-state index is 0.229. The fourth-order valence-corrected chi connectivity index (χ4v) is 1.78. The predicted molar refractivity (Wildman–Crippen MR) is 63.6 cm³/mol. The molecule has 0 radical (unpaired) electrons. The van der Waals surface area contributed by atoms with E-state index in [1.807, 2.05) is 6.07 Å². The van der Waals surface area contributed by atoms with Crippen LogP contribution in [0.2, 0.25) is 5.02 Å². The molecule has 0 saturated heterocycles. The van der Waals surface area contributed by atoms with Crippen molar-refractivity contribution in [1.29, 1.82) is 0 Å². The van der Waals surface area contributed by atoms with Crippen LogP contribution in [0.5, 0.6) is 0 Å². The van der Waals surface area contributed by atoms with E-state index in [1.54, 1.807) is 25.2 Å². The number of aryl methyl sites for hydroxylation is 1. The number of nitrogens with zero attached hydrogens (tertiary/aromatic N) is 2. The maximum atomic E-state index is 11.8. The molecule has 0 spiro atoms. The number of hydrogen-bond donors (Lipinski definition) is 1. The first-order valence-electron chi connectivity index (χ1n) is 4.60. The van der Waals surface area contributed by atoms with Gasteiger partial charge in [0.1, 0.15) is 0 Å². The second kappa shape index (κ2) is 3.98. The molecule has 1 heterocycles. The zero-order valence-corrected chi connectivity index (χ0v) is 9.27. The Morgan fingerprint density at radius 1 is 1.44 bits per heavy atom. The Hall–Kier alpha value is -1.81. The lowest BCUT2D eigenvalue weighted by atomic mass is 10.1. The summed E-state index contributed by atoms with van der Waals surface area (Å²) in [6.45, 7) is 0. The minimum atomic E-state index is -0.229. The summed E-state index contributed by atoms with van der Waals surface area (Å²) in [7, 11) is 1.65. The summed E-state index contributed by atoms with van der Waals surface area (Å²) in [6, 6.07) is 6.94. The lowest BCUT2D eigenvalue weighted by Crippen LogP contribution is -2.21. The molecule has 1 N–H and O–H groups in total. The van der Waals surface area contributed by atoms with Gasteiger partial charge in [-0.1, -0.05) is 22.8 Å². The van der Waals surface area contributed by atoms with Gasteiger partial charge in [0.2, 0.25) is 0 Å². The number of hydrogen-bond acceptors (Lipinski definition) is 3. The molecule has 0 amide bonds. The molecule has 0 aliphatic carbocycles. The van der Waals surface area contributed by atoms with Crippen molar-refractivity contribution in [3.63, 3.8) is 0 Å². The molecule has 1 aromatic carbocycles. The average molecular weight is 237 g/mol. The number of rotatable bonds is 1. The van der Waals surface area contributed by atoms with Crippen LogP contribution in [0.4, 0.5) is 0 Å². The molecule has 0 aliphatic rings. The van der Waals surface area contributed by atoms with E-state index in [9.17, 15) is 4.79 Å². The molecular formula is C11H9ClN2O2. The van der Waals surface area contributed by atoms with Crippen molar-refractivity contribution in [2.75, 3.05) is 0 Å². The lowest BCUT2D eigenvalue weighted by Gasteiger charge is -2.06. The van der Waals surface area contributed by atoms with Gasteiger partial charge in [0, 0.05) is 12.1 Å². The van der Waals surface area contributed by atoms with Crippen molar-refractivity contribution in [3.8, 4) is 0 Å². The van der Waals surface area contributed by atoms with Gasteiger partial charge in [0.15, 0.2) is 0 Å². The zero-order valence-electron chi connectivity index (χ0n) is 8.51. The summed E-state index contributed by atoms with van der Waals surface area (Å²) >= 11 is 5.86. The molecule has 0 saturated carbocycles. The van der Waals surface area contributed by atoms with E-state index in [0.717, 1.165) is 17.1 Å². The average Bonchev–Trinajstić information content (AvgIpc) is 2.27. The van der Waals surface area contributed by atoms with E-state index in [2.05, 4.69) is 5.16 Å².